The zero-order chi connectivity index (χ0) is 12.8. The van der Waals surface area contributed by atoms with Gasteiger partial charge in [0.05, 0.1) is 0 Å². The van der Waals surface area contributed by atoms with Crippen LogP contribution in [0.15, 0.2) is 29.8 Å². The van der Waals surface area contributed by atoms with Crippen molar-refractivity contribution in [3.8, 4) is 6.07 Å². The molecular weight excluding hydrogens is 219 g/mol. The summed E-state index contributed by atoms with van der Waals surface area (Å²) in [6.45, 7) is 3.58. The molecule has 0 fully saturated rings. The molecule has 1 N–H and O–H groups in total. The number of benzene rings is 1. The lowest BCUT2D eigenvalue weighted by atomic mass is 10.1. The highest BCUT2D eigenvalue weighted by molar-refractivity contribution is 6.01. The summed E-state index contributed by atoms with van der Waals surface area (Å²) in [5, 5.41) is 11.4. The van der Waals surface area contributed by atoms with Crippen molar-refractivity contribution in [3.05, 3.63) is 41.2 Å². The molecule has 0 spiro atoms. The molecular formula is C13H13FN2O. The van der Waals surface area contributed by atoms with Crippen LogP contribution in [0.5, 0.6) is 0 Å². The minimum atomic E-state index is -0.495. The van der Waals surface area contributed by atoms with E-state index in [2.05, 4.69) is 5.32 Å². The van der Waals surface area contributed by atoms with Gasteiger partial charge in [0.1, 0.15) is 17.5 Å². The molecule has 88 valence electrons. The van der Waals surface area contributed by atoms with Crippen LogP contribution in [0.25, 0.3) is 6.08 Å². The first-order chi connectivity index (χ1) is 8.04. The minimum Gasteiger partial charge on any atom is -0.349 e. The highest BCUT2D eigenvalue weighted by Crippen LogP contribution is 2.11. The standard InChI is InChI=1S/C13H13FN2O/c1-9(2)16-13(17)11(8-15)7-10-5-3-4-6-12(10)14/h3-7,9H,1-2H3,(H,16,17)/b11-7+. The highest BCUT2D eigenvalue weighted by Gasteiger charge is 2.10. The molecule has 1 aromatic rings. The van der Waals surface area contributed by atoms with Crippen LogP contribution in [0.3, 0.4) is 0 Å². The Morgan fingerprint density at radius 1 is 1.47 bits per heavy atom. The topological polar surface area (TPSA) is 52.9 Å². The number of rotatable bonds is 3. The van der Waals surface area contributed by atoms with Gasteiger partial charge in [0.15, 0.2) is 0 Å². The maximum Gasteiger partial charge on any atom is 0.262 e. The van der Waals surface area contributed by atoms with Crippen molar-refractivity contribution in [1.82, 2.24) is 5.32 Å². The van der Waals surface area contributed by atoms with E-state index in [-0.39, 0.29) is 17.2 Å². The Bertz CT molecular complexity index is 486. The molecule has 0 aliphatic heterocycles. The van der Waals surface area contributed by atoms with E-state index >= 15 is 0 Å². The third-order valence-corrected chi connectivity index (χ3v) is 1.99. The van der Waals surface area contributed by atoms with Crippen molar-refractivity contribution >= 4 is 12.0 Å². The van der Waals surface area contributed by atoms with Crippen molar-refractivity contribution < 1.29 is 9.18 Å². The lowest BCUT2D eigenvalue weighted by Gasteiger charge is -2.07. The molecule has 0 heterocycles. The zero-order valence-corrected chi connectivity index (χ0v) is 9.70. The molecule has 0 unspecified atom stereocenters. The van der Waals surface area contributed by atoms with Crippen molar-refractivity contribution in [2.24, 2.45) is 0 Å². The lowest BCUT2D eigenvalue weighted by Crippen LogP contribution is -2.30. The molecule has 1 amide bonds. The van der Waals surface area contributed by atoms with Crippen molar-refractivity contribution in [3.63, 3.8) is 0 Å². The molecule has 0 aliphatic rings. The van der Waals surface area contributed by atoms with Crippen LogP contribution in [0, 0.1) is 17.1 Å². The first-order valence-corrected chi connectivity index (χ1v) is 5.21. The number of carbonyl (C=O) groups excluding carboxylic acids is 1. The van der Waals surface area contributed by atoms with E-state index in [1.54, 1.807) is 32.0 Å². The average Bonchev–Trinajstić information content (AvgIpc) is 2.27. The van der Waals surface area contributed by atoms with Gasteiger partial charge in [0.2, 0.25) is 0 Å². The summed E-state index contributed by atoms with van der Waals surface area (Å²) in [5.74, 6) is -0.955. The van der Waals surface area contributed by atoms with Gasteiger partial charge in [-0.3, -0.25) is 4.79 Å². The normalized spacial score (nSPS) is 11.1. The summed E-state index contributed by atoms with van der Waals surface area (Å²) in [6.07, 6.45) is 1.24. The number of amides is 1. The van der Waals surface area contributed by atoms with E-state index in [0.717, 1.165) is 0 Å². The Morgan fingerprint density at radius 2 is 2.12 bits per heavy atom. The van der Waals surface area contributed by atoms with Crippen LogP contribution in [0.1, 0.15) is 19.4 Å². The molecule has 17 heavy (non-hydrogen) atoms. The van der Waals surface area contributed by atoms with Crippen LogP contribution in [-0.2, 0) is 4.79 Å². The Kier molecular flexibility index (Phi) is 4.41. The van der Waals surface area contributed by atoms with E-state index in [4.69, 9.17) is 5.26 Å². The van der Waals surface area contributed by atoms with Gasteiger partial charge in [-0.2, -0.15) is 5.26 Å². The van der Waals surface area contributed by atoms with Gasteiger partial charge in [-0.1, -0.05) is 18.2 Å². The second kappa shape index (κ2) is 5.80. The first kappa shape index (κ1) is 12.9. The molecule has 0 saturated carbocycles. The van der Waals surface area contributed by atoms with Gasteiger partial charge >= 0.3 is 0 Å². The SMILES string of the molecule is CC(C)NC(=O)/C(C#N)=C/c1ccccc1F. The molecule has 0 bridgehead atoms. The average molecular weight is 232 g/mol. The summed E-state index contributed by atoms with van der Waals surface area (Å²) in [5.41, 5.74) is 0.117. The maximum absolute atomic E-state index is 13.3. The molecule has 1 aromatic carbocycles. The van der Waals surface area contributed by atoms with E-state index in [1.807, 2.05) is 0 Å². The van der Waals surface area contributed by atoms with E-state index in [9.17, 15) is 9.18 Å². The molecule has 3 nitrogen and oxygen atoms in total. The molecule has 0 aliphatic carbocycles. The Morgan fingerprint density at radius 3 is 2.65 bits per heavy atom. The number of nitrogens with one attached hydrogen (secondary N) is 1. The van der Waals surface area contributed by atoms with E-state index < -0.39 is 11.7 Å². The van der Waals surface area contributed by atoms with Crippen LogP contribution in [-0.4, -0.2) is 11.9 Å². The third kappa shape index (κ3) is 3.72. The minimum absolute atomic E-state index is 0.0696. The van der Waals surface area contributed by atoms with Crippen LogP contribution >= 0.6 is 0 Å². The van der Waals surface area contributed by atoms with Crippen molar-refractivity contribution in [1.29, 1.82) is 5.26 Å². The fourth-order valence-corrected chi connectivity index (χ4v) is 1.24. The van der Waals surface area contributed by atoms with Crippen molar-refractivity contribution in [2.75, 3.05) is 0 Å². The molecule has 4 heteroatoms. The Balaban J connectivity index is 3.00. The quantitative estimate of drug-likeness (QED) is 0.642. The van der Waals surface area contributed by atoms with E-state index in [1.165, 1.54) is 18.2 Å². The van der Waals surface area contributed by atoms with Crippen molar-refractivity contribution in [2.45, 2.75) is 19.9 Å². The monoisotopic (exact) mass is 232 g/mol. The lowest BCUT2D eigenvalue weighted by molar-refractivity contribution is -0.117. The largest absolute Gasteiger partial charge is 0.349 e. The van der Waals surface area contributed by atoms with Crippen LogP contribution in [0.2, 0.25) is 0 Å². The van der Waals surface area contributed by atoms with Gasteiger partial charge < -0.3 is 5.32 Å². The fourth-order valence-electron chi connectivity index (χ4n) is 1.24. The number of hydrogen-bond donors (Lipinski definition) is 1. The molecule has 0 aromatic heterocycles. The Labute approximate surface area is 99.6 Å². The fraction of sp³-hybridized carbons (Fsp3) is 0.231. The number of nitrogens with zero attached hydrogens (tertiary/aromatic N) is 1. The molecule has 0 saturated heterocycles. The summed E-state index contributed by atoms with van der Waals surface area (Å²) >= 11 is 0. The third-order valence-electron chi connectivity index (χ3n) is 1.99. The molecule has 0 radical (unpaired) electrons. The van der Waals surface area contributed by atoms with Gasteiger partial charge in [-0.25, -0.2) is 4.39 Å². The summed E-state index contributed by atoms with van der Waals surface area (Å²) in [4.78, 5) is 11.6. The summed E-state index contributed by atoms with van der Waals surface area (Å²) in [7, 11) is 0. The predicted molar refractivity (Wildman–Crippen MR) is 63.3 cm³/mol. The summed E-state index contributed by atoms with van der Waals surface area (Å²) < 4.78 is 13.3. The van der Waals surface area contributed by atoms with E-state index in [0.29, 0.717) is 0 Å². The first-order valence-electron chi connectivity index (χ1n) is 5.21. The van der Waals surface area contributed by atoms with Gasteiger partial charge in [-0.15, -0.1) is 0 Å². The zero-order valence-electron chi connectivity index (χ0n) is 9.70. The van der Waals surface area contributed by atoms with Gasteiger partial charge in [0.25, 0.3) is 5.91 Å². The number of halogens is 1. The summed E-state index contributed by atoms with van der Waals surface area (Å²) in [6, 6.07) is 7.68. The van der Waals surface area contributed by atoms with Gasteiger partial charge in [0, 0.05) is 11.6 Å². The smallest absolute Gasteiger partial charge is 0.262 e. The number of nitriles is 1. The highest BCUT2D eigenvalue weighted by atomic mass is 19.1. The second-order valence-electron chi connectivity index (χ2n) is 3.82. The predicted octanol–water partition coefficient (Wildman–Crippen LogP) is 2.26. The molecule has 0 atom stereocenters. The van der Waals surface area contributed by atoms with Crippen LogP contribution in [0.4, 0.5) is 4.39 Å². The Hall–Kier alpha value is -2.15. The van der Waals surface area contributed by atoms with Crippen LogP contribution < -0.4 is 5.32 Å². The number of carbonyl (C=O) groups is 1. The molecule has 1 rings (SSSR count). The number of hydrogen-bond acceptors (Lipinski definition) is 2. The van der Waals surface area contributed by atoms with Gasteiger partial charge in [-0.05, 0) is 26.0 Å². The second-order valence-corrected chi connectivity index (χ2v) is 3.82. The maximum atomic E-state index is 13.3.